The summed E-state index contributed by atoms with van der Waals surface area (Å²) in [6.07, 6.45) is 0.996. The Kier molecular flexibility index (Phi) is 4.72. The molecule has 1 aromatic heterocycles. The van der Waals surface area contributed by atoms with Crippen molar-refractivity contribution in [1.29, 1.82) is 0 Å². The first-order valence-electron chi connectivity index (χ1n) is 4.53. The van der Waals surface area contributed by atoms with Crippen LogP contribution in [0, 0.1) is 0 Å². The number of aromatic nitrogens is 2. The van der Waals surface area contributed by atoms with E-state index >= 15 is 0 Å². The minimum atomic E-state index is 0.376. The van der Waals surface area contributed by atoms with Crippen LogP contribution in [0.15, 0.2) is 0 Å². The van der Waals surface area contributed by atoms with Gasteiger partial charge in [0.15, 0.2) is 0 Å². The second-order valence-electron chi connectivity index (χ2n) is 3.01. The van der Waals surface area contributed by atoms with E-state index in [4.69, 9.17) is 27.9 Å². The lowest BCUT2D eigenvalue weighted by atomic mass is 10.3. The molecule has 1 heterocycles. The number of aryl methyl sites for hydroxylation is 1. The molecule has 0 bridgehead atoms. The molecular formula is C9H14Cl2N2O. The fourth-order valence-corrected chi connectivity index (χ4v) is 1.92. The predicted molar refractivity (Wildman–Crippen MR) is 57.8 cm³/mol. The van der Waals surface area contributed by atoms with Gasteiger partial charge < -0.3 is 4.74 Å². The van der Waals surface area contributed by atoms with Crippen LogP contribution < -0.4 is 0 Å². The van der Waals surface area contributed by atoms with Crippen molar-refractivity contribution in [1.82, 2.24) is 9.78 Å². The van der Waals surface area contributed by atoms with Crippen molar-refractivity contribution >= 4 is 23.2 Å². The molecule has 0 aliphatic carbocycles. The summed E-state index contributed by atoms with van der Waals surface area (Å²) >= 11 is 11.9. The van der Waals surface area contributed by atoms with Gasteiger partial charge >= 0.3 is 0 Å². The maximum absolute atomic E-state index is 6.10. The Labute approximate surface area is 93.9 Å². The monoisotopic (exact) mass is 236 g/mol. The standard InChI is InChI=1S/C9H14Cl2N2O/c1-3-4-13-9(11)7(5-10)8(12-13)6-14-2/h3-6H2,1-2H3. The summed E-state index contributed by atoms with van der Waals surface area (Å²) in [5, 5.41) is 4.97. The van der Waals surface area contributed by atoms with Gasteiger partial charge in [-0.3, -0.25) is 4.68 Å². The third-order valence-corrected chi connectivity index (χ3v) is 2.61. The van der Waals surface area contributed by atoms with Gasteiger partial charge in [0.1, 0.15) is 5.15 Å². The molecule has 0 radical (unpaired) electrons. The van der Waals surface area contributed by atoms with E-state index in [-0.39, 0.29) is 0 Å². The predicted octanol–water partition coefficient (Wildman–Crippen LogP) is 2.83. The largest absolute Gasteiger partial charge is 0.378 e. The third kappa shape index (κ3) is 2.41. The molecular weight excluding hydrogens is 223 g/mol. The fraction of sp³-hybridized carbons (Fsp3) is 0.667. The number of halogens is 2. The van der Waals surface area contributed by atoms with Crippen molar-refractivity contribution in [3.05, 3.63) is 16.4 Å². The summed E-state index contributed by atoms with van der Waals surface area (Å²) < 4.78 is 6.80. The molecule has 5 heteroatoms. The lowest BCUT2D eigenvalue weighted by Gasteiger charge is -1.98. The highest BCUT2D eigenvalue weighted by Gasteiger charge is 2.14. The highest BCUT2D eigenvalue weighted by Crippen LogP contribution is 2.22. The zero-order valence-corrected chi connectivity index (χ0v) is 9.90. The fourth-order valence-electron chi connectivity index (χ4n) is 1.27. The molecule has 0 saturated heterocycles. The SMILES string of the molecule is CCCn1nc(COC)c(CCl)c1Cl. The number of nitrogens with zero attached hydrogens (tertiary/aromatic N) is 2. The highest BCUT2D eigenvalue weighted by molar-refractivity contribution is 6.31. The Morgan fingerprint density at radius 1 is 1.50 bits per heavy atom. The van der Waals surface area contributed by atoms with Gasteiger partial charge in [0.05, 0.1) is 18.2 Å². The van der Waals surface area contributed by atoms with Crippen molar-refractivity contribution in [2.75, 3.05) is 7.11 Å². The summed E-state index contributed by atoms with van der Waals surface area (Å²) in [6.45, 7) is 3.35. The molecule has 0 N–H and O–H groups in total. The van der Waals surface area contributed by atoms with E-state index < -0.39 is 0 Å². The molecule has 14 heavy (non-hydrogen) atoms. The first-order valence-corrected chi connectivity index (χ1v) is 5.44. The van der Waals surface area contributed by atoms with Crippen LogP contribution in [0.25, 0.3) is 0 Å². The van der Waals surface area contributed by atoms with Gasteiger partial charge in [-0.25, -0.2) is 0 Å². The molecule has 0 spiro atoms. The van der Waals surface area contributed by atoms with Gasteiger partial charge in [-0.2, -0.15) is 5.10 Å². The molecule has 0 aliphatic heterocycles. The molecule has 0 aromatic carbocycles. The number of hydrogen-bond donors (Lipinski definition) is 0. The van der Waals surface area contributed by atoms with Crippen LogP contribution in [0.5, 0.6) is 0 Å². The molecule has 0 fully saturated rings. The summed E-state index contributed by atoms with van der Waals surface area (Å²) in [6, 6.07) is 0. The summed E-state index contributed by atoms with van der Waals surface area (Å²) in [7, 11) is 1.63. The van der Waals surface area contributed by atoms with Crippen molar-refractivity contribution in [3.63, 3.8) is 0 Å². The summed E-state index contributed by atoms with van der Waals surface area (Å²) in [5.41, 5.74) is 1.71. The normalized spacial score (nSPS) is 10.9. The topological polar surface area (TPSA) is 27.1 Å². The maximum Gasteiger partial charge on any atom is 0.131 e. The summed E-state index contributed by atoms with van der Waals surface area (Å²) in [5.74, 6) is 0.376. The van der Waals surface area contributed by atoms with Gasteiger partial charge in [-0.1, -0.05) is 18.5 Å². The van der Waals surface area contributed by atoms with Crippen LogP contribution in [0.1, 0.15) is 24.6 Å². The van der Waals surface area contributed by atoms with E-state index in [1.807, 2.05) is 0 Å². The van der Waals surface area contributed by atoms with Crippen molar-refractivity contribution < 1.29 is 4.74 Å². The lowest BCUT2D eigenvalue weighted by Crippen LogP contribution is -2.00. The van der Waals surface area contributed by atoms with Crippen molar-refractivity contribution in [2.45, 2.75) is 32.4 Å². The average molecular weight is 237 g/mol. The molecule has 0 aliphatic rings. The lowest BCUT2D eigenvalue weighted by molar-refractivity contribution is 0.180. The first kappa shape index (κ1) is 11.8. The van der Waals surface area contributed by atoms with Gasteiger partial charge in [0, 0.05) is 19.2 Å². The van der Waals surface area contributed by atoms with Crippen molar-refractivity contribution in [3.8, 4) is 0 Å². The van der Waals surface area contributed by atoms with Crippen molar-refractivity contribution in [2.24, 2.45) is 0 Å². The quantitative estimate of drug-likeness (QED) is 0.736. The minimum Gasteiger partial charge on any atom is -0.378 e. The van der Waals surface area contributed by atoms with E-state index in [0.717, 1.165) is 24.2 Å². The van der Waals surface area contributed by atoms with E-state index in [1.165, 1.54) is 0 Å². The minimum absolute atomic E-state index is 0.376. The molecule has 80 valence electrons. The number of methoxy groups -OCH3 is 1. The summed E-state index contributed by atoms with van der Waals surface area (Å²) in [4.78, 5) is 0. The highest BCUT2D eigenvalue weighted by atomic mass is 35.5. The number of alkyl halides is 1. The zero-order valence-electron chi connectivity index (χ0n) is 8.39. The molecule has 0 saturated carbocycles. The van der Waals surface area contributed by atoms with E-state index in [2.05, 4.69) is 12.0 Å². The smallest absolute Gasteiger partial charge is 0.131 e. The molecule has 1 aromatic rings. The molecule has 0 amide bonds. The van der Waals surface area contributed by atoms with E-state index in [0.29, 0.717) is 17.6 Å². The second kappa shape index (κ2) is 5.59. The Hall–Kier alpha value is -0.250. The Balaban J connectivity index is 2.97. The Bertz CT molecular complexity index is 299. The number of hydrogen-bond acceptors (Lipinski definition) is 2. The number of rotatable bonds is 5. The van der Waals surface area contributed by atoms with Gasteiger partial charge in [-0.05, 0) is 6.42 Å². The van der Waals surface area contributed by atoms with Crippen LogP contribution in [0.4, 0.5) is 0 Å². The molecule has 0 atom stereocenters. The molecule has 3 nitrogen and oxygen atoms in total. The maximum atomic E-state index is 6.10. The Morgan fingerprint density at radius 2 is 2.21 bits per heavy atom. The number of ether oxygens (including phenoxy) is 1. The van der Waals surface area contributed by atoms with E-state index in [1.54, 1.807) is 11.8 Å². The average Bonchev–Trinajstić information content (AvgIpc) is 2.45. The van der Waals surface area contributed by atoms with Crippen LogP contribution in [-0.2, 0) is 23.8 Å². The van der Waals surface area contributed by atoms with Gasteiger partial charge in [0.2, 0.25) is 0 Å². The van der Waals surface area contributed by atoms with Crippen LogP contribution in [0.3, 0.4) is 0 Å². The third-order valence-electron chi connectivity index (χ3n) is 1.92. The van der Waals surface area contributed by atoms with E-state index in [9.17, 15) is 0 Å². The molecule has 0 unspecified atom stereocenters. The van der Waals surface area contributed by atoms with Crippen LogP contribution in [0.2, 0.25) is 5.15 Å². The zero-order chi connectivity index (χ0) is 10.6. The van der Waals surface area contributed by atoms with Crippen LogP contribution >= 0.6 is 23.2 Å². The van der Waals surface area contributed by atoms with Gasteiger partial charge in [-0.15, -0.1) is 11.6 Å². The van der Waals surface area contributed by atoms with Crippen LogP contribution in [-0.4, -0.2) is 16.9 Å². The first-order chi connectivity index (χ1) is 6.74. The second-order valence-corrected chi connectivity index (χ2v) is 3.63. The van der Waals surface area contributed by atoms with Gasteiger partial charge in [0.25, 0.3) is 0 Å². The molecule has 1 rings (SSSR count). The Morgan fingerprint density at radius 3 is 2.71 bits per heavy atom.